The maximum absolute atomic E-state index is 12.5. The van der Waals surface area contributed by atoms with Gasteiger partial charge in [-0.05, 0) is 49.4 Å². The van der Waals surface area contributed by atoms with Crippen LogP contribution in [0.15, 0.2) is 18.2 Å². The standard InChI is InChI=1S/C16H19NO3/c18-15-3-1-2-12-10-13(4-5-14(12)17-15)16(19)11-6-8-20-9-7-11/h4-5,10-11H,1-3,6-9H2,(H,17,18). The van der Waals surface area contributed by atoms with E-state index >= 15 is 0 Å². The van der Waals surface area contributed by atoms with Crippen molar-refractivity contribution in [1.29, 1.82) is 0 Å². The minimum absolute atomic E-state index is 0.0623. The van der Waals surface area contributed by atoms with Gasteiger partial charge in [-0.25, -0.2) is 0 Å². The lowest BCUT2D eigenvalue weighted by Gasteiger charge is -2.21. The minimum atomic E-state index is 0.0623. The van der Waals surface area contributed by atoms with Crippen molar-refractivity contribution in [2.45, 2.75) is 32.1 Å². The van der Waals surface area contributed by atoms with E-state index in [2.05, 4.69) is 5.32 Å². The number of anilines is 1. The summed E-state index contributed by atoms with van der Waals surface area (Å²) in [5, 5.41) is 2.90. The van der Waals surface area contributed by atoms with E-state index in [4.69, 9.17) is 4.74 Å². The van der Waals surface area contributed by atoms with Gasteiger partial charge in [0.1, 0.15) is 0 Å². The highest BCUT2D eigenvalue weighted by Crippen LogP contribution is 2.26. The normalized spacial score (nSPS) is 19.9. The smallest absolute Gasteiger partial charge is 0.224 e. The first kappa shape index (κ1) is 13.3. The first-order valence-corrected chi connectivity index (χ1v) is 7.29. The van der Waals surface area contributed by atoms with E-state index in [9.17, 15) is 9.59 Å². The fourth-order valence-corrected chi connectivity index (χ4v) is 2.92. The van der Waals surface area contributed by atoms with Gasteiger partial charge in [0, 0.05) is 36.8 Å². The van der Waals surface area contributed by atoms with Crippen LogP contribution in [0, 0.1) is 5.92 Å². The van der Waals surface area contributed by atoms with Crippen molar-refractivity contribution in [3.8, 4) is 0 Å². The van der Waals surface area contributed by atoms with E-state index in [0.29, 0.717) is 19.6 Å². The number of fused-ring (bicyclic) bond motifs is 1. The lowest BCUT2D eigenvalue weighted by atomic mass is 9.90. The highest BCUT2D eigenvalue weighted by molar-refractivity contribution is 5.99. The zero-order valence-electron chi connectivity index (χ0n) is 11.5. The summed E-state index contributed by atoms with van der Waals surface area (Å²) in [5.41, 5.74) is 2.71. The van der Waals surface area contributed by atoms with Crippen molar-refractivity contribution < 1.29 is 14.3 Å². The number of hydrogen-bond donors (Lipinski definition) is 1. The number of amides is 1. The molecule has 0 unspecified atom stereocenters. The molecule has 0 saturated carbocycles. The summed E-state index contributed by atoms with van der Waals surface area (Å²) in [6.45, 7) is 1.36. The lowest BCUT2D eigenvalue weighted by molar-refractivity contribution is -0.116. The summed E-state index contributed by atoms with van der Waals surface area (Å²) in [7, 11) is 0. The molecule has 0 bridgehead atoms. The largest absolute Gasteiger partial charge is 0.381 e. The molecule has 2 aliphatic rings. The summed E-state index contributed by atoms with van der Waals surface area (Å²) in [5.74, 6) is 0.362. The number of carbonyl (C=O) groups excluding carboxylic acids is 2. The molecule has 0 atom stereocenters. The van der Waals surface area contributed by atoms with Gasteiger partial charge >= 0.3 is 0 Å². The Kier molecular flexibility index (Phi) is 3.83. The van der Waals surface area contributed by atoms with Gasteiger partial charge in [0.25, 0.3) is 0 Å². The average molecular weight is 273 g/mol. The number of ketones is 1. The predicted molar refractivity (Wildman–Crippen MR) is 75.9 cm³/mol. The van der Waals surface area contributed by atoms with Gasteiger partial charge in [0.05, 0.1) is 0 Å². The molecule has 0 radical (unpaired) electrons. The molecule has 1 fully saturated rings. The van der Waals surface area contributed by atoms with Gasteiger partial charge in [-0.2, -0.15) is 0 Å². The third-order valence-corrected chi connectivity index (χ3v) is 4.11. The molecule has 4 heteroatoms. The Morgan fingerprint density at radius 3 is 2.80 bits per heavy atom. The zero-order chi connectivity index (χ0) is 13.9. The zero-order valence-corrected chi connectivity index (χ0v) is 11.5. The molecule has 4 nitrogen and oxygen atoms in total. The molecule has 1 saturated heterocycles. The molecule has 0 aromatic heterocycles. The number of rotatable bonds is 2. The average Bonchev–Trinajstić information content (AvgIpc) is 2.67. The van der Waals surface area contributed by atoms with Gasteiger partial charge < -0.3 is 10.1 Å². The van der Waals surface area contributed by atoms with Crippen molar-refractivity contribution in [2.24, 2.45) is 5.92 Å². The number of aryl methyl sites for hydroxylation is 1. The molecule has 0 aliphatic carbocycles. The third-order valence-electron chi connectivity index (χ3n) is 4.11. The Morgan fingerprint density at radius 1 is 1.20 bits per heavy atom. The summed E-state index contributed by atoms with van der Waals surface area (Å²) >= 11 is 0. The van der Waals surface area contributed by atoms with E-state index in [1.54, 1.807) is 0 Å². The van der Waals surface area contributed by atoms with Crippen LogP contribution >= 0.6 is 0 Å². The molecule has 2 aliphatic heterocycles. The second-order valence-corrected chi connectivity index (χ2v) is 5.52. The summed E-state index contributed by atoms with van der Waals surface area (Å²) in [4.78, 5) is 24.0. The molecule has 2 heterocycles. The van der Waals surface area contributed by atoms with Crippen LogP contribution in [0.4, 0.5) is 5.69 Å². The predicted octanol–water partition coefficient (Wildman–Crippen LogP) is 2.57. The van der Waals surface area contributed by atoms with Crippen LogP contribution in [-0.2, 0) is 16.0 Å². The van der Waals surface area contributed by atoms with E-state index in [1.165, 1.54) is 0 Å². The number of ether oxygens (including phenoxy) is 1. The summed E-state index contributed by atoms with van der Waals surface area (Å²) in [6.07, 6.45) is 3.87. The Bertz CT molecular complexity index is 533. The maximum Gasteiger partial charge on any atom is 0.224 e. The van der Waals surface area contributed by atoms with Crippen LogP contribution in [0.3, 0.4) is 0 Å². The summed E-state index contributed by atoms with van der Waals surface area (Å²) < 4.78 is 5.30. The number of nitrogens with one attached hydrogen (secondary N) is 1. The van der Waals surface area contributed by atoms with Gasteiger partial charge in [0.2, 0.25) is 5.91 Å². The Hall–Kier alpha value is -1.68. The molecule has 1 aromatic carbocycles. The molecule has 1 N–H and O–H groups in total. The fraction of sp³-hybridized carbons (Fsp3) is 0.500. The molecule has 3 rings (SSSR count). The van der Waals surface area contributed by atoms with Crippen molar-refractivity contribution in [2.75, 3.05) is 18.5 Å². The topological polar surface area (TPSA) is 55.4 Å². The Balaban J connectivity index is 1.82. The van der Waals surface area contributed by atoms with Crippen molar-refractivity contribution in [1.82, 2.24) is 0 Å². The second kappa shape index (κ2) is 5.75. The number of Topliss-reactive ketones (excluding diaryl/α,β-unsaturated/α-hetero) is 1. The van der Waals surface area contributed by atoms with Crippen LogP contribution in [0.5, 0.6) is 0 Å². The number of hydrogen-bond acceptors (Lipinski definition) is 3. The monoisotopic (exact) mass is 273 g/mol. The first-order valence-electron chi connectivity index (χ1n) is 7.29. The minimum Gasteiger partial charge on any atom is -0.381 e. The quantitative estimate of drug-likeness (QED) is 0.843. The van der Waals surface area contributed by atoms with Gasteiger partial charge in [0.15, 0.2) is 5.78 Å². The van der Waals surface area contributed by atoms with Crippen LogP contribution in [0.1, 0.15) is 41.6 Å². The second-order valence-electron chi connectivity index (χ2n) is 5.52. The van der Waals surface area contributed by atoms with E-state index in [0.717, 1.165) is 42.5 Å². The number of benzene rings is 1. The van der Waals surface area contributed by atoms with Crippen molar-refractivity contribution in [3.05, 3.63) is 29.3 Å². The van der Waals surface area contributed by atoms with Crippen molar-refractivity contribution >= 4 is 17.4 Å². The Labute approximate surface area is 118 Å². The molecular formula is C16H19NO3. The summed E-state index contributed by atoms with van der Waals surface area (Å²) in [6, 6.07) is 5.66. The molecule has 0 spiro atoms. The van der Waals surface area contributed by atoms with E-state index < -0.39 is 0 Å². The van der Waals surface area contributed by atoms with Gasteiger partial charge in [-0.1, -0.05) is 0 Å². The van der Waals surface area contributed by atoms with Crippen LogP contribution in [-0.4, -0.2) is 24.9 Å². The van der Waals surface area contributed by atoms with Crippen LogP contribution in [0.25, 0.3) is 0 Å². The molecule has 20 heavy (non-hydrogen) atoms. The van der Waals surface area contributed by atoms with Gasteiger partial charge in [-0.15, -0.1) is 0 Å². The van der Waals surface area contributed by atoms with Crippen LogP contribution < -0.4 is 5.32 Å². The highest BCUT2D eigenvalue weighted by atomic mass is 16.5. The van der Waals surface area contributed by atoms with E-state index in [1.807, 2.05) is 18.2 Å². The Morgan fingerprint density at radius 2 is 2.00 bits per heavy atom. The molecular weight excluding hydrogens is 254 g/mol. The number of carbonyl (C=O) groups is 2. The molecule has 1 aromatic rings. The first-order chi connectivity index (χ1) is 9.74. The van der Waals surface area contributed by atoms with Crippen molar-refractivity contribution in [3.63, 3.8) is 0 Å². The van der Waals surface area contributed by atoms with Gasteiger partial charge in [-0.3, -0.25) is 9.59 Å². The van der Waals surface area contributed by atoms with Crippen LogP contribution in [0.2, 0.25) is 0 Å². The molecule has 106 valence electrons. The fourth-order valence-electron chi connectivity index (χ4n) is 2.92. The van der Waals surface area contributed by atoms with E-state index in [-0.39, 0.29) is 17.6 Å². The molecule has 1 amide bonds. The highest BCUT2D eigenvalue weighted by Gasteiger charge is 2.23. The lowest BCUT2D eigenvalue weighted by Crippen LogP contribution is -2.23. The SMILES string of the molecule is O=C1CCCc2cc(C(=O)C3CCOCC3)ccc2N1. The maximum atomic E-state index is 12.5. The third kappa shape index (κ3) is 2.75.